The largest absolute Gasteiger partial charge is 0.463 e. The molecule has 8 nitrogen and oxygen atoms in total. The molecule has 0 bridgehead atoms. The van der Waals surface area contributed by atoms with E-state index < -0.39 is 29.9 Å². The first-order chi connectivity index (χ1) is 11.3. The number of hydrogen-bond donors (Lipinski definition) is 2. The van der Waals surface area contributed by atoms with Crippen LogP contribution in [-0.2, 0) is 23.9 Å². The number of esters is 2. The van der Waals surface area contributed by atoms with Crippen LogP contribution in [0.1, 0.15) is 24.2 Å². The van der Waals surface area contributed by atoms with E-state index in [1.54, 1.807) is 6.92 Å². The van der Waals surface area contributed by atoms with Crippen LogP contribution in [0.3, 0.4) is 0 Å². The molecular weight excluding hydrogens is 316 g/mol. The number of amides is 2. The smallest absolute Gasteiger partial charge is 0.331 e. The van der Waals surface area contributed by atoms with Crippen molar-refractivity contribution in [3.05, 3.63) is 42.0 Å². The van der Waals surface area contributed by atoms with Crippen LogP contribution in [0.15, 0.2) is 36.4 Å². The molecule has 1 aromatic rings. The predicted octanol–water partition coefficient (Wildman–Crippen LogP) is 0.775. The van der Waals surface area contributed by atoms with Gasteiger partial charge in [0, 0.05) is 23.4 Å². The molecule has 0 aliphatic heterocycles. The maximum atomic E-state index is 11.9. The summed E-state index contributed by atoms with van der Waals surface area (Å²) in [4.78, 5) is 45.4. The predicted molar refractivity (Wildman–Crippen MR) is 84.9 cm³/mol. The number of nitrogens with two attached hydrogens (primary N) is 1. The highest BCUT2D eigenvalue weighted by Gasteiger charge is 2.17. The quantitative estimate of drug-likeness (QED) is 0.560. The summed E-state index contributed by atoms with van der Waals surface area (Å²) in [6, 6.07) is 5.90. The zero-order valence-corrected chi connectivity index (χ0v) is 13.3. The number of benzene rings is 1. The van der Waals surface area contributed by atoms with Gasteiger partial charge >= 0.3 is 11.9 Å². The molecule has 1 aromatic carbocycles. The lowest BCUT2D eigenvalue weighted by atomic mass is 10.2. The van der Waals surface area contributed by atoms with Crippen molar-refractivity contribution in [2.45, 2.75) is 20.0 Å². The van der Waals surface area contributed by atoms with Gasteiger partial charge in [-0.15, -0.1) is 0 Å². The topological polar surface area (TPSA) is 125 Å². The summed E-state index contributed by atoms with van der Waals surface area (Å²) in [5, 5.41) is 2.51. The summed E-state index contributed by atoms with van der Waals surface area (Å²) in [5.74, 6) is -2.68. The fraction of sp³-hybridized carbons (Fsp3) is 0.250. The summed E-state index contributed by atoms with van der Waals surface area (Å²) < 4.78 is 9.46. The van der Waals surface area contributed by atoms with Crippen LogP contribution in [0.4, 0.5) is 5.69 Å². The highest BCUT2D eigenvalue weighted by Crippen LogP contribution is 2.10. The first-order valence-electron chi connectivity index (χ1n) is 7.09. The zero-order chi connectivity index (χ0) is 18.1. The third-order valence-electron chi connectivity index (χ3n) is 2.74. The van der Waals surface area contributed by atoms with Crippen molar-refractivity contribution in [1.29, 1.82) is 0 Å². The first kappa shape index (κ1) is 18.9. The molecule has 2 amide bonds. The summed E-state index contributed by atoms with van der Waals surface area (Å²) in [6.45, 7) is 3.20. The second-order valence-corrected chi connectivity index (χ2v) is 4.60. The van der Waals surface area contributed by atoms with Crippen molar-refractivity contribution in [1.82, 2.24) is 0 Å². The summed E-state index contributed by atoms with van der Waals surface area (Å²) in [7, 11) is 0. The third kappa shape index (κ3) is 6.30. The molecular formula is C16H18N2O6. The van der Waals surface area contributed by atoms with E-state index in [4.69, 9.17) is 10.5 Å². The Morgan fingerprint density at radius 1 is 1.12 bits per heavy atom. The molecule has 0 aliphatic rings. The highest BCUT2D eigenvalue weighted by atomic mass is 16.5. The molecule has 1 rings (SSSR count). The monoisotopic (exact) mass is 334 g/mol. The Labute approximate surface area is 138 Å². The highest BCUT2D eigenvalue weighted by molar-refractivity contribution is 5.98. The minimum Gasteiger partial charge on any atom is -0.463 e. The number of rotatable bonds is 7. The maximum absolute atomic E-state index is 11.9. The average molecular weight is 334 g/mol. The van der Waals surface area contributed by atoms with E-state index in [9.17, 15) is 19.2 Å². The van der Waals surface area contributed by atoms with Crippen molar-refractivity contribution in [2.75, 3.05) is 11.9 Å². The van der Waals surface area contributed by atoms with Gasteiger partial charge in [-0.3, -0.25) is 9.59 Å². The number of ether oxygens (including phenoxy) is 2. The molecule has 3 N–H and O–H groups in total. The van der Waals surface area contributed by atoms with Gasteiger partial charge in [0.25, 0.3) is 5.91 Å². The molecule has 1 atom stereocenters. The molecule has 0 saturated carbocycles. The number of carbonyl (C=O) groups is 4. The lowest BCUT2D eigenvalue weighted by Crippen LogP contribution is -2.29. The molecule has 0 spiro atoms. The Hall–Kier alpha value is -3.16. The standard InChI is InChI=1S/C16H18N2O6/c1-3-23-13(19)8-9-14(20)24-10(2)16(22)18-12-6-4-11(5-7-12)15(17)21/h4-10H,3H2,1-2H3,(H2,17,21)(H,18,22). The Bertz CT molecular complexity index is 651. The summed E-state index contributed by atoms with van der Waals surface area (Å²) in [6.07, 6.45) is 0.711. The third-order valence-corrected chi connectivity index (χ3v) is 2.74. The summed E-state index contributed by atoms with van der Waals surface area (Å²) >= 11 is 0. The van der Waals surface area contributed by atoms with E-state index in [2.05, 4.69) is 10.1 Å². The second-order valence-electron chi connectivity index (χ2n) is 4.60. The van der Waals surface area contributed by atoms with Crippen LogP contribution in [0.25, 0.3) is 0 Å². The molecule has 0 aliphatic carbocycles. The molecule has 8 heteroatoms. The molecule has 0 fully saturated rings. The molecule has 0 saturated heterocycles. The Kier molecular flexibility index (Phi) is 7.15. The van der Waals surface area contributed by atoms with Crippen molar-refractivity contribution in [3.8, 4) is 0 Å². The molecule has 24 heavy (non-hydrogen) atoms. The van der Waals surface area contributed by atoms with Gasteiger partial charge in [0.2, 0.25) is 5.91 Å². The van der Waals surface area contributed by atoms with E-state index in [1.165, 1.54) is 31.2 Å². The number of anilines is 1. The van der Waals surface area contributed by atoms with Crippen LogP contribution < -0.4 is 11.1 Å². The SMILES string of the molecule is CCOC(=O)C=CC(=O)OC(C)C(=O)Nc1ccc(C(N)=O)cc1. The lowest BCUT2D eigenvalue weighted by molar-refractivity contribution is -0.148. The Morgan fingerprint density at radius 3 is 2.25 bits per heavy atom. The Morgan fingerprint density at radius 2 is 1.71 bits per heavy atom. The molecule has 0 aromatic heterocycles. The van der Waals surface area contributed by atoms with Crippen LogP contribution in [-0.4, -0.2) is 36.5 Å². The van der Waals surface area contributed by atoms with Crippen LogP contribution in [0, 0.1) is 0 Å². The second kappa shape index (κ2) is 9.09. The molecule has 128 valence electrons. The van der Waals surface area contributed by atoms with Crippen molar-refractivity contribution in [2.24, 2.45) is 5.73 Å². The number of nitrogens with one attached hydrogen (secondary N) is 1. The molecule has 0 heterocycles. The van der Waals surface area contributed by atoms with Crippen LogP contribution >= 0.6 is 0 Å². The van der Waals surface area contributed by atoms with Gasteiger partial charge in [-0.05, 0) is 38.1 Å². The summed E-state index contributed by atoms with van der Waals surface area (Å²) in [5.41, 5.74) is 5.83. The van der Waals surface area contributed by atoms with Gasteiger partial charge in [-0.1, -0.05) is 0 Å². The lowest BCUT2D eigenvalue weighted by Gasteiger charge is -2.12. The molecule has 0 radical (unpaired) electrons. The van der Waals surface area contributed by atoms with Crippen molar-refractivity contribution in [3.63, 3.8) is 0 Å². The maximum Gasteiger partial charge on any atom is 0.331 e. The van der Waals surface area contributed by atoms with Crippen LogP contribution in [0.2, 0.25) is 0 Å². The minimum absolute atomic E-state index is 0.186. The van der Waals surface area contributed by atoms with E-state index in [1.807, 2.05) is 0 Å². The normalized spacial score (nSPS) is 11.6. The first-order valence-corrected chi connectivity index (χ1v) is 7.09. The van der Waals surface area contributed by atoms with Crippen LogP contribution in [0.5, 0.6) is 0 Å². The van der Waals surface area contributed by atoms with E-state index in [-0.39, 0.29) is 6.61 Å². The number of hydrogen-bond acceptors (Lipinski definition) is 6. The van der Waals surface area contributed by atoms with Gasteiger partial charge in [0.15, 0.2) is 6.10 Å². The van der Waals surface area contributed by atoms with Gasteiger partial charge in [0.1, 0.15) is 0 Å². The number of carbonyl (C=O) groups excluding carboxylic acids is 4. The van der Waals surface area contributed by atoms with Crippen molar-refractivity contribution < 1.29 is 28.7 Å². The van der Waals surface area contributed by atoms with Crippen molar-refractivity contribution >= 4 is 29.4 Å². The zero-order valence-electron chi connectivity index (χ0n) is 13.3. The van der Waals surface area contributed by atoms with Gasteiger partial charge < -0.3 is 20.5 Å². The van der Waals surface area contributed by atoms with E-state index >= 15 is 0 Å². The fourth-order valence-corrected chi connectivity index (χ4v) is 1.56. The van der Waals surface area contributed by atoms with Gasteiger partial charge in [0.05, 0.1) is 6.61 Å². The van der Waals surface area contributed by atoms with Gasteiger partial charge in [-0.25, -0.2) is 9.59 Å². The minimum atomic E-state index is -1.08. The van der Waals surface area contributed by atoms with E-state index in [0.29, 0.717) is 11.3 Å². The Balaban J connectivity index is 2.53. The fourth-order valence-electron chi connectivity index (χ4n) is 1.56. The average Bonchev–Trinajstić information content (AvgIpc) is 2.53. The molecule has 1 unspecified atom stereocenters. The number of primary amides is 1. The van der Waals surface area contributed by atoms with Gasteiger partial charge in [-0.2, -0.15) is 0 Å². The van der Waals surface area contributed by atoms with E-state index in [0.717, 1.165) is 12.2 Å².